The third kappa shape index (κ3) is 4.08. The summed E-state index contributed by atoms with van der Waals surface area (Å²) >= 11 is 0. The Morgan fingerprint density at radius 1 is 1.17 bits per heavy atom. The average Bonchev–Trinajstić information content (AvgIpc) is 2.38. The van der Waals surface area contributed by atoms with E-state index in [0.717, 1.165) is 6.29 Å². The minimum absolute atomic E-state index is 0.186. The summed E-state index contributed by atoms with van der Waals surface area (Å²) in [7, 11) is 0. The first-order valence-corrected chi connectivity index (χ1v) is 5.71. The maximum Gasteiger partial charge on any atom is 0.344 e. The number of rotatable bonds is 7. The molecule has 0 heterocycles. The molecule has 0 saturated heterocycles. The van der Waals surface area contributed by atoms with E-state index in [-0.39, 0.29) is 6.61 Å². The summed E-state index contributed by atoms with van der Waals surface area (Å²) in [6.07, 6.45) is 0.720. The third-order valence-corrected chi connectivity index (χ3v) is 2.05. The van der Waals surface area contributed by atoms with Crippen LogP contribution in [0.25, 0.3) is 0 Å². The molecule has 1 aromatic rings. The van der Waals surface area contributed by atoms with Crippen LogP contribution in [0.4, 0.5) is 0 Å². The van der Waals surface area contributed by atoms with Crippen LogP contribution in [0.3, 0.4) is 0 Å². The molecule has 0 saturated carbocycles. The van der Waals surface area contributed by atoms with Crippen molar-refractivity contribution in [1.29, 1.82) is 0 Å². The highest BCUT2D eigenvalue weighted by Gasteiger charge is 2.09. The first-order chi connectivity index (χ1) is 8.71. The normalized spacial score (nSPS) is 9.67. The van der Waals surface area contributed by atoms with Crippen molar-refractivity contribution in [1.82, 2.24) is 0 Å². The molecule has 0 bridgehead atoms. The van der Waals surface area contributed by atoms with E-state index in [1.165, 1.54) is 0 Å². The minimum atomic E-state index is -0.445. The molecule has 0 amide bonds. The molecule has 5 heteroatoms. The highest BCUT2D eigenvalue weighted by Crippen LogP contribution is 2.27. The topological polar surface area (TPSA) is 61.8 Å². The van der Waals surface area contributed by atoms with Crippen LogP contribution >= 0.6 is 0 Å². The molecule has 0 fully saturated rings. The lowest BCUT2D eigenvalue weighted by Gasteiger charge is -2.11. The van der Waals surface area contributed by atoms with Crippen LogP contribution in [0, 0.1) is 0 Å². The fraction of sp³-hybridized carbons (Fsp3) is 0.385. The molecule has 18 heavy (non-hydrogen) atoms. The van der Waals surface area contributed by atoms with Crippen LogP contribution in [0.1, 0.15) is 24.2 Å². The molecule has 5 nitrogen and oxygen atoms in total. The van der Waals surface area contributed by atoms with Crippen molar-refractivity contribution in [2.24, 2.45) is 0 Å². The first-order valence-electron chi connectivity index (χ1n) is 5.71. The summed E-state index contributed by atoms with van der Waals surface area (Å²) < 4.78 is 15.4. The van der Waals surface area contributed by atoms with Gasteiger partial charge >= 0.3 is 5.97 Å². The fourth-order valence-corrected chi connectivity index (χ4v) is 1.32. The van der Waals surface area contributed by atoms with Gasteiger partial charge in [0.15, 0.2) is 18.1 Å². The number of hydrogen-bond donors (Lipinski definition) is 0. The molecular formula is C13H16O5. The van der Waals surface area contributed by atoms with Gasteiger partial charge in [-0.3, -0.25) is 4.79 Å². The molecule has 0 aliphatic heterocycles. The zero-order valence-electron chi connectivity index (χ0n) is 10.5. The van der Waals surface area contributed by atoms with Crippen LogP contribution in [0.15, 0.2) is 18.2 Å². The van der Waals surface area contributed by atoms with Gasteiger partial charge in [0.1, 0.15) is 6.29 Å². The molecule has 0 aliphatic carbocycles. The Bertz CT molecular complexity index is 414. The molecule has 98 valence electrons. The standard InChI is InChI=1S/C13H16O5/c1-3-16-12-7-10(8-14)5-6-11(12)18-9-13(15)17-4-2/h5-8H,3-4,9H2,1-2H3. The van der Waals surface area contributed by atoms with Gasteiger partial charge in [-0.15, -0.1) is 0 Å². The predicted molar refractivity (Wildman–Crippen MR) is 65.1 cm³/mol. The van der Waals surface area contributed by atoms with Gasteiger partial charge in [-0.05, 0) is 32.0 Å². The summed E-state index contributed by atoms with van der Waals surface area (Å²) in [5.41, 5.74) is 0.488. The van der Waals surface area contributed by atoms with Crippen molar-refractivity contribution in [3.05, 3.63) is 23.8 Å². The van der Waals surface area contributed by atoms with Crippen molar-refractivity contribution in [3.63, 3.8) is 0 Å². The van der Waals surface area contributed by atoms with Gasteiger partial charge in [0, 0.05) is 5.56 Å². The van der Waals surface area contributed by atoms with Gasteiger partial charge in [0.25, 0.3) is 0 Å². The number of carbonyl (C=O) groups is 2. The molecule has 0 N–H and O–H groups in total. The van der Waals surface area contributed by atoms with E-state index in [1.54, 1.807) is 25.1 Å². The number of benzene rings is 1. The van der Waals surface area contributed by atoms with Gasteiger partial charge in [-0.25, -0.2) is 4.79 Å². The molecule has 1 aromatic carbocycles. The van der Waals surface area contributed by atoms with E-state index < -0.39 is 5.97 Å². The number of hydrogen-bond acceptors (Lipinski definition) is 5. The Morgan fingerprint density at radius 2 is 1.94 bits per heavy atom. The van der Waals surface area contributed by atoms with Crippen molar-refractivity contribution in [2.45, 2.75) is 13.8 Å². The van der Waals surface area contributed by atoms with Crippen LogP contribution in [-0.2, 0) is 9.53 Å². The summed E-state index contributed by atoms with van der Waals surface area (Å²) in [5.74, 6) is 0.404. The van der Waals surface area contributed by atoms with Gasteiger partial charge in [-0.2, -0.15) is 0 Å². The Hall–Kier alpha value is -2.04. The summed E-state index contributed by atoms with van der Waals surface area (Å²) in [6.45, 7) is 4.11. The summed E-state index contributed by atoms with van der Waals surface area (Å²) in [5, 5.41) is 0. The number of carbonyl (C=O) groups excluding carboxylic acids is 2. The predicted octanol–water partition coefficient (Wildman–Crippen LogP) is 1.84. The Morgan fingerprint density at radius 3 is 2.56 bits per heavy atom. The number of aldehydes is 1. The van der Waals surface area contributed by atoms with Crippen molar-refractivity contribution in [3.8, 4) is 11.5 Å². The van der Waals surface area contributed by atoms with E-state index in [1.807, 2.05) is 6.92 Å². The molecule has 0 aromatic heterocycles. The number of ether oxygens (including phenoxy) is 3. The maximum absolute atomic E-state index is 11.2. The minimum Gasteiger partial charge on any atom is -0.490 e. The SMILES string of the molecule is CCOC(=O)COc1ccc(C=O)cc1OCC. The highest BCUT2D eigenvalue weighted by molar-refractivity contribution is 5.76. The lowest BCUT2D eigenvalue weighted by atomic mass is 10.2. The lowest BCUT2D eigenvalue weighted by molar-refractivity contribution is -0.145. The first kappa shape index (κ1) is 14.0. The zero-order chi connectivity index (χ0) is 13.4. The molecule has 0 aliphatic rings. The smallest absolute Gasteiger partial charge is 0.344 e. The molecule has 0 atom stereocenters. The third-order valence-electron chi connectivity index (χ3n) is 2.05. The highest BCUT2D eigenvalue weighted by atomic mass is 16.6. The summed E-state index contributed by atoms with van der Waals surface area (Å²) in [6, 6.07) is 4.75. The zero-order valence-corrected chi connectivity index (χ0v) is 10.5. The van der Waals surface area contributed by atoms with E-state index >= 15 is 0 Å². The summed E-state index contributed by atoms with van der Waals surface area (Å²) in [4.78, 5) is 21.8. The average molecular weight is 252 g/mol. The van der Waals surface area contributed by atoms with E-state index in [2.05, 4.69) is 0 Å². The quantitative estimate of drug-likeness (QED) is 0.547. The molecule has 0 radical (unpaired) electrons. The Kier molecular flexibility index (Phi) is 5.70. The van der Waals surface area contributed by atoms with Crippen LogP contribution in [0.2, 0.25) is 0 Å². The van der Waals surface area contributed by atoms with Gasteiger partial charge in [0.2, 0.25) is 0 Å². The van der Waals surface area contributed by atoms with Crippen molar-refractivity contribution >= 4 is 12.3 Å². The van der Waals surface area contributed by atoms with Crippen molar-refractivity contribution < 1.29 is 23.8 Å². The van der Waals surface area contributed by atoms with Gasteiger partial charge in [-0.1, -0.05) is 0 Å². The van der Waals surface area contributed by atoms with Crippen LogP contribution in [0.5, 0.6) is 11.5 Å². The largest absolute Gasteiger partial charge is 0.490 e. The Balaban J connectivity index is 2.74. The van der Waals surface area contributed by atoms with Crippen LogP contribution in [-0.4, -0.2) is 32.1 Å². The molecular weight excluding hydrogens is 236 g/mol. The van der Waals surface area contributed by atoms with Gasteiger partial charge in [0.05, 0.1) is 13.2 Å². The second-order valence-electron chi connectivity index (χ2n) is 3.35. The molecule has 1 rings (SSSR count). The molecule has 0 unspecified atom stereocenters. The number of esters is 1. The fourth-order valence-electron chi connectivity index (χ4n) is 1.32. The second kappa shape index (κ2) is 7.32. The van der Waals surface area contributed by atoms with Crippen molar-refractivity contribution in [2.75, 3.05) is 19.8 Å². The second-order valence-corrected chi connectivity index (χ2v) is 3.35. The maximum atomic E-state index is 11.2. The van der Waals surface area contributed by atoms with Gasteiger partial charge < -0.3 is 14.2 Å². The van der Waals surface area contributed by atoms with E-state index in [0.29, 0.717) is 30.3 Å². The van der Waals surface area contributed by atoms with E-state index in [9.17, 15) is 9.59 Å². The van der Waals surface area contributed by atoms with Crippen LogP contribution < -0.4 is 9.47 Å². The Labute approximate surface area is 106 Å². The molecule has 0 spiro atoms. The van der Waals surface area contributed by atoms with E-state index in [4.69, 9.17) is 14.2 Å². The monoisotopic (exact) mass is 252 g/mol. The lowest BCUT2D eigenvalue weighted by Crippen LogP contribution is -2.15.